The summed E-state index contributed by atoms with van der Waals surface area (Å²) in [5, 5.41) is 0. The quantitative estimate of drug-likeness (QED) is 0.400. The highest BCUT2D eigenvalue weighted by Crippen LogP contribution is 2.38. The number of benzene rings is 2. The molecule has 7 nitrogen and oxygen atoms in total. The lowest BCUT2D eigenvalue weighted by Gasteiger charge is -2.24. The van der Waals surface area contributed by atoms with Crippen molar-refractivity contribution in [2.75, 3.05) is 19.7 Å². The van der Waals surface area contributed by atoms with Crippen LogP contribution in [0.15, 0.2) is 68.4 Å². The van der Waals surface area contributed by atoms with E-state index in [1.807, 2.05) is 48.7 Å². The summed E-state index contributed by atoms with van der Waals surface area (Å²) in [6.07, 6.45) is 3.88. The summed E-state index contributed by atoms with van der Waals surface area (Å²) >= 11 is 2.96. The van der Waals surface area contributed by atoms with Crippen LogP contribution >= 0.6 is 23.1 Å². The number of esters is 1. The fraction of sp³-hybridized carbons (Fsp3) is 0.240. The van der Waals surface area contributed by atoms with Crippen molar-refractivity contribution >= 4 is 35.1 Å². The molecule has 174 valence electrons. The summed E-state index contributed by atoms with van der Waals surface area (Å²) in [7, 11) is 0. The number of nitrogens with zero attached hydrogens (tertiary/aromatic N) is 2. The van der Waals surface area contributed by atoms with E-state index in [2.05, 4.69) is 4.99 Å². The first-order valence-corrected chi connectivity index (χ1v) is 12.8. The Morgan fingerprint density at radius 1 is 1.24 bits per heavy atom. The van der Waals surface area contributed by atoms with E-state index in [4.69, 9.17) is 14.2 Å². The molecule has 2 aliphatic rings. The molecule has 0 radical (unpaired) electrons. The van der Waals surface area contributed by atoms with Gasteiger partial charge in [0.1, 0.15) is 0 Å². The van der Waals surface area contributed by atoms with E-state index in [0.29, 0.717) is 32.1 Å². The van der Waals surface area contributed by atoms with Crippen molar-refractivity contribution in [2.45, 2.75) is 24.8 Å². The number of fused-ring (bicyclic) bond motifs is 2. The topological polar surface area (TPSA) is 79.1 Å². The van der Waals surface area contributed by atoms with Gasteiger partial charge in [-0.05, 0) is 61.6 Å². The molecule has 1 atom stereocenters. The van der Waals surface area contributed by atoms with Crippen molar-refractivity contribution in [3.8, 4) is 11.5 Å². The van der Waals surface area contributed by atoms with Gasteiger partial charge in [0, 0.05) is 4.90 Å². The lowest BCUT2D eigenvalue weighted by Crippen LogP contribution is -2.39. The Morgan fingerprint density at radius 2 is 2.00 bits per heavy atom. The number of allylic oxidation sites excluding steroid dienone is 1. The third-order valence-electron chi connectivity index (χ3n) is 5.64. The molecule has 34 heavy (non-hydrogen) atoms. The van der Waals surface area contributed by atoms with E-state index < -0.39 is 12.0 Å². The van der Waals surface area contributed by atoms with Crippen LogP contribution in [-0.4, -0.2) is 30.2 Å². The van der Waals surface area contributed by atoms with E-state index in [1.54, 1.807) is 36.2 Å². The standard InChI is InChI=1S/C25H22N2O5S2/c1-4-30-24(29)21-14(2)26-25-27(22(21)16-7-10-18-19(12-16)32-13-31-18)23(28)20(34-25)11-15-5-8-17(33-3)9-6-15/h5-12,22H,4,13H2,1-3H3/b20-11+/t22-/m0/s1. The lowest BCUT2D eigenvalue weighted by atomic mass is 9.95. The summed E-state index contributed by atoms with van der Waals surface area (Å²) < 4.78 is 18.4. The van der Waals surface area contributed by atoms with Crippen molar-refractivity contribution in [3.63, 3.8) is 0 Å². The predicted octanol–water partition coefficient (Wildman–Crippen LogP) is 3.25. The Morgan fingerprint density at radius 3 is 2.74 bits per heavy atom. The van der Waals surface area contributed by atoms with Crippen LogP contribution in [0.4, 0.5) is 0 Å². The molecule has 9 heteroatoms. The number of thioether (sulfide) groups is 1. The van der Waals surface area contributed by atoms with E-state index >= 15 is 0 Å². The van der Waals surface area contributed by atoms with Gasteiger partial charge in [-0.15, -0.1) is 11.8 Å². The van der Waals surface area contributed by atoms with Crippen LogP contribution in [0.25, 0.3) is 6.08 Å². The highest BCUT2D eigenvalue weighted by Gasteiger charge is 2.34. The molecule has 0 unspecified atom stereocenters. The van der Waals surface area contributed by atoms with Gasteiger partial charge >= 0.3 is 5.97 Å². The number of carbonyl (C=O) groups excluding carboxylic acids is 1. The van der Waals surface area contributed by atoms with E-state index in [-0.39, 0.29) is 19.0 Å². The molecule has 0 N–H and O–H groups in total. The van der Waals surface area contributed by atoms with Gasteiger partial charge in [0.15, 0.2) is 16.3 Å². The van der Waals surface area contributed by atoms with E-state index in [0.717, 1.165) is 16.0 Å². The number of hydrogen-bond donors (Lipinski definition) is 0. The maximum atomic E-state index is 13.6. The average molecular weight is 495 g/mol. The maximum Gasteiger partial charge on any atom is 0.338 e. The Balaban J connectivity index is 1.69. The second-order valence-corrected chi connectivity index (χ2v) is 9.58. The van der Waals surface area contributed by atoms with Crippen LogP contribution in [0.5, 0.6) is 11.5 Å². The summed E-state index contributed by atoms with van der Waals surface area (Å²) in [5.74, 6) is 0.711. The van der Waals surface area contributed by atoms with Crippen LogP contribution in [0.3, 0.4) is 0 Å². The Hall–Kier alpha value is -3.30. The number of ether oxygens (including phenoxy) is 3. The number of thiazole rings is 1. The van der Waals surface area contributed by atoms with Gasteiger partial charge in [-0.3, -0.25) is 9.36 Å². The molecule has 2 aliphatic heterocycles. The minimum Gasteiger partial charge on any atom is -0.463 e. The molecule has 2 aromatic carbocycles. The molecular weight excluding hydrogens is 472 g/mol. The van der Waals surface area contributed by atoms with Crippen molar-refractivity contribution in [1.29, 1.82) is 0 Å². The molecule has 0 saturated heterocycles. The first-order valence-electron chi connectivity index (χ1n) is 10.7. The molecule has 0 amide bonds. The summed E-state index contributed by atoms with van der Waals surface area (Å²) in [4.78, 5) is 32.9. The number of rotatable bonds is 5. The Labute approximate surface area is 204 Å². The second-order valence-electron chi connectivity index (χ2n) is 7.69. The molecule has 0 fully saturated rings. The fourth-order valence-electron chi connectivity index (χ4n) is 4.04. The van der Waals surface area contributed by atoms with Crippen molar-refractivity contribution in [1.82, 2.24) is 4.57 Å². The van der Waals surface area contributed by atoms with Crippen LogP contribution in [0, 0.1) is 0 Å². The number of hydrogen-bond acceptors (Lipinski definition) is 8. The third-order valence-corrected chi connectivity index (χ3v) is 7.37. The van der Waals surface area contributed by atoms with Gasteiger partial charge in [0.2, 0.25) is 6.79 Å². The van der Waals surface area contributed by atoms with Crippen LogP contribution in [0.2, 0.25) is 0 Å². The van der Waals surface area contributed by atoms with Crippen molar-refractivity contribution in [2.24, 2.45) is 4.99 Å². The summed E-state index contributed by atoms with van der Waals surface area (Å²) in [5.41, 5.74) is 2.29. The van der Waals surface area contributed by atoms with Gasteiger partial charge in [-0.2, -0.15) is 0 Å². The fourth-order valence-corrected chi connectivity index (χ4v) is 5.50. The maximum absolute atomic E-state index is 13.6. The molecular formula is C25H22N2O5S2. The minimum absolute atomic E-state index is 0.135. The minimum atomic E-state index is -0.689. The lowest BCUT2D eigenvalue weighted by molar-refractivity contribution is -0.139. The SMILES string of the molecule is CCOC(=O)C1=C(C)N=c2s/c(=C/c3ccc(SC)cc3)c(=O)n2[C@H]1c1ccc2c(c1)OCO2. The summed E-state index contributed by atoms with van der Waals surface area (Å²) in [6, 6.07) is 12.8. The number of carbonyl (C=O) groups is 1. The smallest absolute Gasteiger partial charge is 0.338 e. The van der Waals surface area contributed by atoms with E-state index in [9.17, 15) is 9.59 Å². The molecule has 3 heterocycles. The summed E-state index contributed by atoms with van der Waals surface area (Å²) in [6.45, 7) is 3.88. The van der Waals surface area contributed by atoms with Gasteiger partial charge in [0.25, 0.3) is 5.56 Å². The molecule has 5 rings (SSSR count). The van der Waals surface area contributed by atoms with Gasteiger partial charge in [-0.1, -0.05) is 29.5 Å². The van der Waals surface area contributed by atoms with Gasteiger partial charge in [-0.25, -0.2) is 9.79 Å². The van der Waals surface area contributed by atoms with Crippen LogP contribution in [0.1, 0.15) is 31.0 Å². The molecule has 0 bridgehead atoms. The second kappa shape index (κ2) is 9.15. The molecule has 0 aliphatic carbocycles. The monoisotopic (exact) mass is 494 g/mol. The molecule has 0 spiro atoms. The zero-order valence-corrected chi connectivity index (χ0v) is 20.5. The highest BCUT2D eigenvalue weighted by molar-refractivity contribution is 7.98. The van der Waals surface area contributed by atoms with Crippen LogP contribution in [-0.2, 0) is 9.53 Å². The normalized spacial score (nSPS) is 16.9. The van der Waals surface area contributed by atoms with Crippen molar-refractivity contribution in [3.05, 3.63) is 84.5 Å². The average Bonchev–Trinajstić information content (AvgIpc) is 3.42. The first-order chi connectivity index (χ1) is 16.5. The predicted molar refractivity (Wildman–Crippen MR) is 131 cm³/mol. The first kappa shape index (κ1) is 22.5. The third kappa shape index (κ3) is 3.95. The molecule has 3 aromatic rings. The van der Waals surface area contributed by atoms with Crippen molar-refractivity contribution < 1.29 is 19.0 Å². The van der Waals surface area contributed by atoms with Crippen LogP contribution < -0.4 is 24.4 Å². The Kier molecular flexibility index (Phi) is 6.05. The highest BCUT2D eigenvalue weighted by atomic mass is 32.2. The zero-order chi connectivity index (χ0) is 23.8. The molecule has 1 aromatic heterocycles. The van der Waals surface area contributed by atoms with Gasteiger partial charge < -0.3 is 14.2 Å². The van der Waals surface area contributed by atoms with E-state index in [1.165, 1.54) is 11.3 Å². The zero-order valence-electron chi connectivity index (χ0n) is 18.9. The largest absolute Gasteiger partial charge is 0.463 e. The number of aromatic nitrogens is 1. The Bertz CT molecular complexity index is 1480. The van der Waals surface area contributed by atoms with Gasteiger partial charge in [0.05, 0.1) is 28.5 Å². The molecule has 0 saturated carbocycles.